The van der Waals surface area contributed by atoms with Crippen molar-refractivity contribution in [2.24, 2.45) is 0 Å². The number of amides is 2. The molecule has 0 fully saturated rings. The van der Waals surface area contributed by atoms with E-state index in [-0.39, 0.29) is 11.8 Å². The first-order valence-electron chi connectivity index (χ1n) is 4.62. The summed E-state index contributed by atoms with van der Waals surface area (Å²) in [4.78, 5) is 23.8. The Morgan fingerprint density at radius 3 is 2.20 bits per heavy atom. The highest BCUT2D eigenvalue weighted by atomic mass is 16.2. The summed E-state index contributed by atoms with van der Waals surface area (Å²) in [6.45, 7) is 7.33. The van der Waals surface area contributed by atoms with Crippen molar-refractivity contribution >= 4 is 11.8 Å². The Bertz CT molecular complexity index is 382. The van der Waals surface area contributed by atoms with Gasteiger partial charge in [0.1, 0.15) is 0 Å². The molecular formula is C12H13NO2. The van der Waals surface area contributed by atoms with Gasteiger partial charge in [0.05, 0.1) is 0 Å². The van der Waals surface area contributed by atoms with E-state index in [0.717, 1.165) is 10.5 Å². The first-order chi connectivity index (χ1) is 7.06. The van der Waals surface area contributed by atoms with Crippen LogP contribution in [0, 0.1) is 0 Å². The lowest BCUT2D eigenvalue weighted by Gasteiger charge is -2.14. The third-order valence-electron chi connectivity index (χ3n) is 1.90. The van der Waals surface area contributed by atoms with Crippen LogP contribution in [0.15, 0.2) is 48.2 Å². The normalized spacial score (nSPS) is 16.9. The smallest absolute Gasteiger partial charge is 0.258 e. The largest absolute Gasteiger partial charge is 0.269 e. The Labute approximate surface area is 89.1 Å². The Kier molecular flexibility index (Phi) is 3.39. The second-order valence-electron chi connectivity index (χ2n) is 3.24. The van der Waals surface area contributed by atoms with Crippen LogP contribution in [0.4, 0.5) is 0 Å². The van der Waals surface area contributed by atoms with Crippen LogP contribution in [0.3, 0.4) is 0 Å². The van der Waals surface area contributed by atoms with Gasteiger partial charge in [0, 0.05) is 17.8 Å². The van der Waals surface area contributed by atoms with Crippen LogP contribution in [0.1, 0.15) is 13.8 Å². The average molecular weight is 203 g/mol. The number of rotatable bonds is 3. The summed E-state index contributed by atoms with van der Waals surface area (Å²) in [7, 11) is 0. The van der Waals surface area contributed by atoms with E-state index in [2.05, 4.69) is 6.58 Å². The van der Waals surface area contributed by atoms with Crippen LogP contribution in [0.5, 0.6) is 0 Å². The molecule has 0 saturated carbocycles. The molecule has 0 spiro atoms. The molecule has 0 N–H and O–H groups in total. The summed E-state index contributed by atoms with van der Waals surface area (Å²) in [5, 5.41) is 0. The van der Waals surface area contributed by atoms with E-state index in [4.69, 9.17) is 0 Å². The highest BCUT2D eigenvalue weighted by molar-refractivity contribution is 6.14. The molecule has 0 saturated heterocycles. The van der Waals surface area contributed by atoms with E-state index in [9.17, 15) is 9.59 Å². The van der Waals surface area contributed by atoms with Crippen LogP contribution in [-0.2, 0) is 9.59 Å². The van der Waals surface area contributed by atoms with Crippen LogP contribution in [-0.4, -0.2) is 16.7 Å². The summed E-state index contributed by atoms with van der Waals surface area (Å²) in [5.74, 6) is -0.612. The molecule has 0 radical (unpaired) electrons. The van der Waals surface area contributed by atoms with Crippen molar-refractivity contribution in [3.8, 4) is 0 Å². The fourth-order valence-electron chi connectivity index (χ4n) is 1.18. The van der Waals surface area contributed by atoms with Crippen molar-refractivity contribution in [2.75, 3.05) is 0 Å². The average Bonchev–Trinajstić information content (AvgIpc) is 2.49. The van der Waals surface area contributed by atoms with Gasteiger partial charge >= 0.3 is 0 Å². The predicted molar refractivity (Wildman–Crippen MR) is 58.7 cm³/mol. The van der Waals surface area contributed by atoms with Crippen LogP contribution < -0.4 is 0 Å². The molecule has 78 valence electrons. The molecule has 0 aliphatic carbocycles. The molecule has 0 aromatic heterocycles. The standard InChI is InChI=1S/C12H13NO2/c1-4-10(6-5-9(2)3)13-11(14)7-8-12(13)15/h4-8H,2H2,1,3H3/b6-5-,10-4+. The SMILES string of the molecule is C=C(C)/C=C\C(=C/C)N1C(=O)C=CC1=O. The molecule has 1 rings (SSSR count). The maximum absolute atomic E-state index is 11.4. The highest BCUT2D eigenvalue weighted by Gasteiger charge is 2.25. The molecule has 0 unspecified atom stereocenters. The number of hydrogen-bond donors (Lipinski definition) is 0. The van der Waals surface area contributed by atoms with E-state index in [0.29, 0.717) is 5.70 Å². The quantitative estimate of drug-likeness (QED) is 0.519. The van der Waals surface area contributed by atoms with Crippen molar-refractivity contribution in [2.45, 2.75) is 13.8 Å². The molecule has 0 aromatic rings. The number of carbonyl (C=O) groups excluding carboxylic acids is 2. The molecule has 1 heterocycles. The maximum atomic E-state index is 11.4. The number of nitrogens with zero attached hydrogens (tertiary/aromatic N) is 1. The van der Waals surface area contributed by atoms with Gasteiger partial charge in [0.25, 0.3) is 11.8 Å². The fourth-order valence-corrected chi connectivity index (χ4v) is 1.18. The van der Waals surface area contributed by atoms with Crippen LogP contribution in [0.2, 0.25) is 0 Å². The Balaban J connectivity index is 2.90. The Morgan fingerprint density at radius 2 is 1.80 bits per heavy atom. The van der Waals surface area contributed by atoms with Crippen LogP contribution >= 0.6 is 0 Å². The monoisotopic (exact) mass is 203 g/mol. The van der Waals surface area contributed by atoms with Gasteiger partial charge in [-0.2, -0.15) is 0 Å². The van der Waals surface area contributed by atoms with Crippen molar-refractivity contribution in [1.82, 2.24) is 4.90 Å². The number of allylic oxidation sites excluding steroid dienone is 4. The van der Waals surface area contributed by atoms with Crippen molar-refractivity contribution < 1.29 is 9.59 Å². The van der Waals surface area contributed by atoms with Gasteiger partial charge in [-0.15, -0.1) is 0 Å². The first kappa shape index (κ1) is 11.2. The molecule has 1 aliphatic heterocycles. The molecule has 0 bridgehead atoms. The fraction of sp³-hybridized carbons (Fsp3) is 0.167. The van der Waals surface area contributed by atoms with E-state index in [1.165, 1.54) is 12.2 Å². The van der Waals surface area contributed by atoms with Gasteiger partial charge in [0.2, 0.25) is 0 Å². The third-order valence-corrected chi connectivity index (χ3v) is 1.90. The summed E-state index contributed by atoms with van der Waals surface area (Å²) in [6.07, 6.45) is 7.70. The molecule has 15 heavy (non-hydrogen) atoms. The zero-order valence-electron chi connectivity index (χ0n) is 8.86. The molecule has 2 amide bonds. The maximum Gasteiger partial charge on any atom is 0.258 e. The van der Waals surface area contributed by atoms with Gasteiger partial charge in [0.15, 0.2) is 0 Å². The van der Waals surface area contributed by atoms with E-state index in [1.54, 1.807) is 25.2 Å². The summed E-state index contributed by atoms with van der Waals surface area (Å²) in [5.41, 5.74) is 1.43. The summed E-state index contributed by atoms with van der Waals surface area (Å²) < 4.78 is 0. The lowest BCUT2D eigenvalue weighted by Crippen LogP contribution is -2.28. The molecule has 1 aliphatic rings. The number of carbonyl (C=O) groups is 2. The van der Waals surface area contributed by atoms with Gasteiger partial charge in [-0.1, -0.05) is 24.3 Å². The molecule has 0 aromatic carbocycles. The highest BCUT2D eigenvalue weighted by Crippen LogP contribution is 2.14. The predicted octanol–water partition coefficient (Wildman–Crippen LogP) is 1.95. The minimum atomic E-state index is -0.306. The van der Waals surface area contributed by atoms with Gasteiger partial charge < -0.3 is 0 Å². The second kappa shape index (κ2) is 4.55. The summed E-state index contributed by atoms with van der Waals surface area (Å²) in [6, 6.07) is 0. The van der Waals surface area contributed by atoms with Gasteiger partial charge in [-0.25, -0.2) is 4.90 Å². The minimum Gasteiger partial charge on any atom is -0.269 e. The first-order valence-corrected chi connectivity index (χ1v) is 4.62. The van der Waals surface area contributed by atoms with Crippen molar-refractivity contribution in [1.29, 1.82) is 0 Å². The molecule has 0 atom stereocenters. The topological polar surface area (TPSA) is 37.4 Å². The zero-order valence-corrected chi connectivity index (χ0v) is 8.86. The third kappa shape index (κ3) is 2.53. The lowest BCUT2D eigenvalue weighted by molar-refractivity contribution is -0.134. The van der Waals surface area contributed by atoms with E-state index < -0.39 is 0 Å². The van der Waals surface area contributed by atoms with Crippen molar-refractivity contribution in [3.63, 3.8) is 0 Å². The molecule has 3 nitrogen and oxygen atoms in total. The van der Waals surface area contributed by atoms with Gasteiger partial charge in [-0.3, -0.25) is 9.59 Å². The Morgan fingerprint density at radius 1 is 1.27 bits per heavy atom. The van der Waals surface area contributed by atoms with Crippen LogP contribution in [0.25, 0.3) is 0 Å². The lowest BCUT2D eigenvalue weighted by atomic mass is 10.2. The second-order valence-corrected chi connectivity index (χ2v) is 3.24. The van der Waals surface area contributed by atoms with E-state index in [1.807, 2.05) is 6.92 Å². The molecule has 3 heteroatoms. The zero-order chi connectivity index (χ0) is 11.4. The number of hydrogen-bond acceptors (Lipinski definition) is 2. The molecular weight excluding hydrogens is 190 g/mol. The number of imide groups is 1. The van der Waals surface area contributed by atoms with Gasteiger partial charge in [-0.05, 0) is 19.9 Å². The minimum absolute atomic E-state index is 0.306. The van der Waals surface area contributed by atoms with Crippen molar-refractivity contribution in [3.05, 3.63) is 48.2 Å². The van der Waals surface area contributed by atoms with E-state index >= 15 is 0 Å². The summed E-state index contributed by atoms with van der Waals surface area (Å²) >= 11 is 0. The Hall–Kier alpha value is -1.90.